The molecule has 0 spiro atoms. The van der Waals surface area contributed by atoms with Gasteiger partial charge in [0.05, 0.1) is 24.8 Å². The first-order valence-corrected chi connectivity index (χ1v) is 12.1. The monoisotopic (exact) mass is 554 g/mol. The molecule has 2 N–H and O–H groups in total. The number of benzene rings is 3. The Kier molecular flexibility index (Phi) is 7.78. The number of nitrogens with zero attached hydrogens (tertiary/aromatic N) is 1. The number of sulfonamides is 1. The van der Waals surface area contributed by atoms with E-state index in [1.807, 2.05) is 0 Å². The van der Waals surface area contributed by atoms with Crippen molar-refractivity contribution >= 4 is 37.5 Å². The van der Waals surface area contributed by atoms with Gasteiger partial charge in [0, 0.05) is 22.5 Å². The van der Waals surface area contributed by atoms with Gasteiger partial charge < -0.3 is 15.2 Å². The molecule has 7 nitrogen and oxygen atoms in total. The Morgan fingerprint density at radius 3 is 2.24 bits per heavy atom. The standard InChI is InChI=1S/C23H21BrF2N2O5S/c1-32-21-9-8-16(12-22(21)33-2)34(30,31)28(13-23(27)29)20-11-15(24)7-6-14(20)10-17-18(25)4-3-5-19(17)26/h3-9,11-12H,10,13H2,1-2H3,(H2,27,29). The zero-order valence-corrected chi connectivity index (χ0v) is 20.6. The highest BCUT2D eigenvalue weighted by molar-refractivity contribution is 9.10. The highest BCUT2D eigenvalue weighted by Gasteiger charge is 2.30. The fourth-order valence-electron chi connectivity index (χ4n) is 3.36. The van der Waals surface area contributed by atoms with Gasteiger partial charge >= 0.3 is 0 Å². The van der Waals surface area contributed by atoms with Gasteiger partial charge in [0.1, 0.15) is 18.2 Å². The SMILES string of the molecule is COc1ccc(S(=O)(=O)N(CC(N)=O)c2cc(Br)ccc2Cc2c(F)cccc2F)cc1OC. The molecule has 0 radical (unpaired) electrons. The van der Waals surface area contributed by atoms with Crippen LogP contribution < -0.4 is 19.5 Å². The highest BCUT2D eigenvalue weighted by atomic mass is 79.9. The summed E-state index contributed by atoms with van der Waals surface area (Å²) in [6, 6.07) is 12.0. The Bertz CT molecular complexity index is 1310. The van der Waals surface area contributed by atoms with Crippen LogP contribution in [0.2, 0.25) is 0 Å². The number of amides is 1. The number of rotatable bonds is 9. The third kappa shape index (κ3) is 5.31. The molecule has 0 aliphatic rings. The van der Waals surface area contributed by atoms with E-state index in [2.05, 4.69) is 15.9 Å². The van der Waals surface area contributed by atoms with Crippen LogP contribution in [0.3, 0.4) is 0 Å². The topological polar surface area (TPSA) is 98.9 Å². The first-order valence-electron chi connectivity index (χ1n) is 9.83. The van der Waals surface area contributed by atoms with Crippen LogP contribution in [0.4, 0.5) is 14.5 Å². The summed E-state index contributed by atoms with van der Waals surface area (Å²) in [5, 5.41) is 0. The van der Waals surface area contributed by atoms with Crippen LogP contribution in [0.1, 0.15) is 11.1 Å². The molecular weight excluding hydrogens is 534 g/mol. The molecule has 0 atom stereocenters. The number of methoxy groups -OCH3 is 2. The van der Waals surface area contributed by atoms with E-state index < -0.39 is 34.1 Å². The van der Waals surface area contributed by atoms with Crippen molar-refractivity contribution in [2.75, 3.05) is 25.1 Å². The molecule has 3 rings (SSSR count). The van der Waals surface area contributed by atoms with Crippen molar-refractivity contribution in [3.63, 3.8) is 0 Å². The molecular formula is C23H21BrF2N2O5S. The highest BCUT2D eigenvalue weighted by Crippen LogP contribution is 2.35. The maximum absolute atomic E-state index is 14.3. The fourth-order valence-corrected chi connectivity index (χ4v) is 5.18. The number of anilines is 1. The van der Waals surface area contributed by atoms with Crippen molar-refractivity contribution in [3.05, 3.63) is 81.8 Å². The van der Waals surface area contributed by atoms with E-state index in [1.165, 1.54) is 50.6 Å². The van der Waals surface area contributed by atoms with Gasteiger partial charge in [0.25, 0.3) is 10.0 Å². The van der Waals surface area contributed by atoms with Gasteiger partial charge in [-0.1, -0.05) is 28.1 Å². The molecule has 11 heteroatoms. The maximum Gasteiger partial charge on any atom is 0.264 e. The van der Waals surface area contributed by atoms with Crippen LogP contribution in [0.15, 0.2) is 64.0 Å². The van der Waals surface area contributed by atoms with Gasteiger partial charge in [-0.25, -0.2) is 17.2 Å². The quantitative estimate of drug-likeness (QED) is 0.430. The Morgan fingerprint density at radius 2 is 1.65 bits per heavy atom. The summed E-state index contributed by atoms with van der Waals surface area (Å²) in [4.78, 5) is 11.7. The largest absolute Gasteiger partial charge is 0.493 e. The molecule has 0 fully saturated rings. The number of hydrogen-bond acceptors (Lipinski definition) is 5. The average Bonchev–Trinajstić information content (AvgIpc) is 2.80. The summed E-state index contributed by atoms with van der Waals surface area (Å²) in [5.41, 5.74) is 5.43. The molecule has 34 heavy (non-hydrogen) atoms. The molecule has 0 aliphatic carbocycles. The van der Waals surface area contributed by atoms with Crippen molar-refractivity contribution in [2.24, 2.45) is 5.73 Å². The van der Waals surface area contributed by atoms with Crippen LogP contribution in [0.5, 0.6) is 11.5 Å². The van der Waals surface area contributed by atoms with Crippen molar-refractivity contribution in [2.45, 2.75) is 11.3 Å². The number of carbonyl (C=O) groups is 1. The smallest absolute Gasteiger partial charge is 0.264 e. The van der Waals surface area contributed by atoms with Crippen molar-refractivity contribution < 1.29 is 31.5 Å². The minimum absolute atomic E-state index is 0.0330. The Morgan fingerprint density at radius 1 is 1.00 bits per heavy atom. The maximum atomic E-state index is 14.3. The predicted molar refractivity (Wildman–Crippen MR) is 127 cm³/mol. The molecule has 0 aromatic heterocycles. The fraction of sp³-hybridized carbons (Fsp3) is 0.174. The third-order valence-electron chi connectivity index (χ3n) is 4.99. The second kappa shape index (κ2) is 10.4. The van der Waals surface area contributed by atoms with E-state index in [0.29, 0.717) is 10.2 Å². The van der Waals surface area contributed by atoms with E-state index in [-0.39, 0.29) is 33.9 Å². The summed E-state index contributed by atoms with van der Waals surface area (Å²) in [7, 11) is -1.61. The number of halogens is 3. The summed E-state index contributed by atoms with van der Waals surface area (Å²) >= 11 is 3.29. The molecule has 180 valence electrons. The number of ether oxygens (including phenoxy) is 2. The van der Waals surface area contributed by atoms with Crippen LogP contribution in [0, 0.1) is 11.6 Å². The first-order chi connectivity index (χ1) is 16.1. The molecule has 0 saturated carbocycles. The zero-order chi connectivity index (χ0) is 25.0. The summed E-state index contributed by atoms with van der Waals surface area (Å²) in [6.45, 7) is -0.708. The number of primary amides is 1. The van der Waals surface area contributed by atoms with E-state index in [9.17, 15) is 22.0 Å². The molecule has 0 unspecified atom stereocenters. The van der Waals surface area contributed by atoms with E-state index in [4.69, 9.17) is 15.2 Å². The van der Waals surface area contributed by atoms with Crippen LogP contribution in [0.25, 0.3) is 0 Å². The average molecular weight is 555 g/mol. The Balaban J connectivity index is 2.19. The van der Waals surface area contributed by atoms with E-state index >= 15 is 0 Å². The lowest BCUT2D eigenvalue weighted by Crippen LogP contribution is -2.39. The predicted octanol–water partition coefficient (Wildman–Crippen LogP) is 4.02. The number of carbonyl (C=O) groups excluding carboxylic acids is 1. The lowest BCUT2D eigenvalue weighted by molar-refractivity contribution is -0.116. The third-order valence-corrected chi connectivity index (χ3v) is 7.24. The lowest BCUT2D eigenvalue weighted by atomic mass is 10.0. The first kappa shape index (κ1) is 25.4. The number of hydrogen-bond donors (Lipinski definition) is 1. The van der Waals surface area contributed by atoms with Crippen LogP contribution in [-0.4, -0.2) is 35.1 Å². The second-order valence-electron chi connectivity index (χ2n) is 7.14. The Hall–Kier alpha value is -3.18. The summed E-state index contributed by atoms with van der Waals surface area (Å²) < 4.78 is 67.6. The zero-order valence-electron chi connectivity index (χ0n) is 18.2. The molecule has 3 aromatic carbocycles. The Labute approximate surface area is 204 Å². The molecule has 0 heterocycles. The van der Waals surface area contributed by atoms with Crippen molar-refractivity contribution in [1.82, 2.24) is 0 Å². The lowest BCUT2D eigenvalue weighted by Gasteiger charge is -2.26. The minimum Gasteiger partial charge on any atom is -0.493 e. The van der Waals surface area contributed by atoms with Crippen LogP contribution >= 0.6 is 15.9 Å². The van der Waals surface area contributed by atoms with E-state index in [0.717, 1.165) is 16.4 Å². The number of nitrogens with two attached hydrogens (primary N) is 1. The van der Waals surface area contributed by atoms with Gasteiger partial charge in [-0.15, -0.1) is 0 Å². The van der Waals surface area contributed by atoms with Gasteiger partial charge in [0.2, 0.25) is 5.91 Å². The normalized spacial score (nSPS) is 11.2. The summed E-state index contributed by atoms with van der Waals surface area (Å²) in [6.07, 6.45) is -0.266. The summed E-state index contributed by atoms with van der Waals surface area (Å²) in [5.74, 6) is -2.02. The molecule has 3 aromatic rings. The van der Waals surface area contributed by atoms with Crippen molar-refractivity contribution in [3.8, 4) is 11.5 Å². The molecule has 0 saturated heterocycles. The van der Waals surface area contributed by atoms with Crippen molar-refractivity contribution in [1.29, 1.82) is 0 Å². The van der Waals surface area contributed by atoms with Gasteiger partial charge in [0.15, 0.2) is 11.5 Å². The molecule has 1 amide bonds. The minimum atomic E-state index is -4.37. The van der Waals surface area contributed by atoms with E-state index in [1.54, 1.807) is 6.07 Å². The van der Waals surface area contributed by atoms with Gasteiger partial charge in [-0.2, -0.15) is 0 Å². The molecule has 0 bridgehead atoms. The van der Waals surface area contributed by atoms with Gasteiger partial charge in [-0.05, 0) is 42.0 Å². The van der Waals surface area contributed by atoms with Gasteiger partial charge in [-0.3, -0.25) is 9.10 Å². The van der Waals surface area contributed by atoms with Crippen LogP contribution in [-0.2, 0) is 21.2 Å². The second-order valence-corrected chi connectivity index (χ2v) is 9.92. The molecule has 0 aliphatic heterocycles.